The summed E-state index contributed by atoms with van der Waals surface area (Å²) in [7, 11) is -3.53. The molecule has 1 unspecified atom stereocenters. The van der Waals surface area contributed by atoms with Crippen LogP contribution in [-0.4, -0.2) is 67.1 Å². The first-order valence-corrected chi connectivity index (χ1v) is 12.4. The fourth-order valence-electron chi connectivity index (χ4n) is 4.47. The molecule has 0 aliphatic carbocycles. The van der Waals surface area contributed by atoms with E-state index < -0.39 is 10.2 Å². The third-order valence-corrected chi connectivity index (χ3v) is 8.71. The van der Waals surface area contributed by atoms with E-state index in [2.05, 4.69) is 10.6 Å². The lowest BCUT2D eigenvalue weighted by Crippen LogP contribution is -2.56. The molecule has 0 radical (unpaired) electrons. The molecule has 11 heteroatoms. The Bertz CT molecular complexity index is 994. The monoisotopic (exact) mass is 469 g/mol. The number of nitrogens with one attached hydrogen (secondary N) is 2. The lowest BCUT2D eigenvalue weighted by atomic mass is 9.95. The number of benzene rings is 1. The fourth-order valence-corrected chi connectivity index (χ4v) is 6.48. The van der Waals surface area contributed by atoms with Gasteiger partial charge in [-0.25, -0.2) is 0 Å². The van der Waals surface area contributed by atoms with Gasteiger partial charge in [0.15, 0.2) is 0 Å². The average Bonchev–Trinajstić information content (AvgIpc) is 3.07. The number of amides is 2. The van der Waals surface area contributed by atoms with Crippen molar-refractivity contribution < 1.29 is 18.0 Å². The molecule has 4 N–H and O–H groups in total. The predicted molar refractivity (Wildman–Crippen MR) is 118 cm³/mol. The molecule has 2 saturated heterocycles. The summed E-state index contributed by atoms with van der Waals surface area (Å²) < 4.78 is 29.0. The highest BCUT2D eigenvalue weighted by molar-refractivity contribution is 7.86. The highest BCUT2D eigenvalue weighted by Crippen LogP contribution is 2.30. The topological polar surface area (TPSA) is 125 Å². The Morgan fingerprint density at radius 3 is 2.55 bits per heavy atom. The van der Waals surface area contributed by atoms with Crippen LogP contribution in [0.25, 0.3) is 0 Å². The Labute approximate surface area is 187 Å². The summed E-state index contributed by atoms with van der Waals surface area (Å²) >= 11 is 6.27. The van der Waals surface area contributed by atoms with E-state index in [1.54, 1.807) is 12.1 Å². The SMILES string of the molecule is C[C@H]1CN(S(=O)(=O)N2CCC(N)CC2)CCC1NC(=O)c1cc2c(cc1Cl)NC(=O)C2. The molecule has 31 heavy (non-hydrogen) atoms. The van der Waals surface area contributed by atoms with Gasteiger partial charge < -0.3 is 16.4 Å². The van der Waals surface area contributed by atoms with Crippen LogP contribution in [0.15, 0.2) is 12.1 Å². The molecule has 2 fully saturated rings. The van der Waals surface area contributed by atoms with Gasteiger partial charge in [-0.2, -0.15) is 17.0 Å². The molecule has 3 aliphatic rings. The third kappa shape index (κ3) is 4.58. The third-order valence-electron chi connectivity index (χ3n) is 6.40. The van der Waals surface area contributed by atoms with Crippen LogP contribution in [0, 0.1) is 5.92 Å². The number of fused-ring (bicyclic) bond motifs is 1. The van der Waals surface area contributed by atoms with Crippen LogP contribution < -0.4 is 16.4 Å². The maximum atomic E-state index is 13.0. The first kappa shape index (κ1) is 22.5. The highest BCUT2D eigenvalue weighted by Gasteiger charge is 2.38. The van der Waals surface area contributed by atoms with E-state index in [1.165, 1.54) is 8.61 Å². The van der Waals surface area contributed by atoms with Gasteiger partial charge in [0, 0.05) is 44.0 Å². The summed E-state index contributed by atoms with van der Waals surface area (Å²) in [5.74, 6) is -0.497. The van der Waals surface area contributed by atoms with Gasteiger partial charge in [0.2, 0.25) is 5.91 Å². The minimum atomic E-state index is -3.53. The summed E-state index contributed by atoms with van der Waals surface area (Å²) in [6.07, 6.45) is 2.08. The van der Waals surface area contributed by atoms with Gasteiger partial charge >= 0.3 is 0 Å². The second-order valence-corrected chi connectivity index (χ2v) is 11.0. The number of carbonyl (C=O) groups is 2. The van der Waals surface area contributed by atoms with Crippen molar-refractivity contribution in [2.75, 3.05) is 31.5 Å². The summed E-state index contributed by atoms with van der Waals surface area (Å²) in [5, 5.41) is 5.99. The second-order valence-electron chi connectivity index (χ2n) is 8.66. The molecule has 1 aromatic rings. The van der Waals surface area contributed by atoms with Gasteiger partial charge in [0.25, 0.3) is 16.1 Å². The minimum absolute atomic E-state index is 0.0593. The van der Waals surface area contributed by atoms with Crippen LogP contribution in [0.5, 0.6) is 0 Å². The Kier molecular flexibility index (Phi) is 6.28. The lowest BCUT2D eigenvalue weighted by Gasteiger charge is -2.40. The molecule has 3 aliphatic heterocycles. The first-order valence-electron chi connectivity index (χ1n) is 10.6. The van der Waals surface area contributed by atoms with Gasteiger partial charge in [-0.15, -0.1) is 0 Å². The van der Waals surface area contributed by atoms with E-state index in [1.807, 2.05) is 6.92 Å². The van der Waals surface area contributed by atoms with Crippen molar-refractivity contribution in [2.45, 2.75) is 44.7 Å². The molecule has 170 valence electrons. The Hall–Kier alpha value is -1.72. The summed E-state index contributed by atoms with van der Waals surface area (Å²) in [6, 6.07) is 3.14. The molecule has 0 bridgehead atoms. The van der Waals surface area contributed by atoms with Crippen molar-refractivity contribution >= 4 is 39.3 Å². The first-order chi connectivity index (χ1) is 14.6. The number of nitrogens with zero attached hydrogens (tertiary/aromatic N) is 2. The van der Waals surface area contributed by atoms with Crippen molar-refractivity contribution in [1.29, 1.82) is 0 Å². The maximum Gasteiger partial charge on any atom is 0.281 e. The van der Waals surface area contributed by atoms with E-state index in [-0.39, 0.29) is 41.3 Å². The molecule has 4 rings (SSSR count). The minimum Gasteiger partial charge on any atom is -0.349 e. The number of piperidine rings is 2. The van der Waals surface area contributed by atoms with Crippen LogP contribution in [0.3, 0.4) is 0 Å². The van der Waals surface area contributed by atoms with Gasteiger partial charge in [-0.1, -0.05) is 18.5 Å². The zero-order valence-electron chi connectivity index (χ0n) is 17.4. The van der Waals surface area contributed by atoms with E-state index in [0.29, 0.717) is 56.7 Å². The number of rotatable bonds is 4. The van der Waals surface area contributed by atoms with Crippen LogP contribution in [0.4, 0.5) is 5.69 Å². The molecular weight excluding hydrogens is 442 g/mol. The standard InChI is InChI=1S/C20H28ClN5O4S/c1-12-11-26(31(29,30)25-5-2-14(22)3-6-25)7-4-17(12)24-20(28)15-8-13-9-19(27)23-18(13)10-16(15)21/h8,10,12,14,17H,2-7,9,11,22H2,1H3,(H,23,27)(H,24,28)/t12-,17?/m0/s1. The van der Waals surface area contributed by atoms with Gasteiger partial charge in [0.05, 0.1) is 17.0 Å². The molecule has 0 saturated carbocycles. The van der Waals surface area contributed by atoms with Gasteiger partial charge in [-0.05, 0) is 42.9 Å². The largest absolute Gasteiger partial charge is 0.349 e. The van der Waals surface area contributed by atoms with Crippen LogP contribution >= 0.6 is 11.6 Å². The highest BCUT2D eigenvalue weighted by atomic mass is 35.5. The van der Waals surface area contributed by atoms with Crippen LogP contribution in [0.2, 0.25) is 5.02 Å². The number of halogens is 1. The van der Waals surface area contributed by atoms with Gasteiger partial charge in [-0.3, -0.25) is 9.59 Å². The molecule has 0 spiro atoms. The van der Waals surface area contributed by atoms with E-state index in [0.717, 1.165) is 5.56 Å². The number of nitrogens with two attached hydrogens (primary N) is 1. The summed E-state index contributed by atoms with van der Waals surface area (Å²) in [6.45, 7) is 3.51. The van der Waals surface area contributed by atoms with Crippen molar-refractivity contribution in [3.8, 4) is 0 Å². The van der Waals surface area contributed by atoms with Crippen molar-refractivity contribution in [1.82, 2.24) is 13.9 Å². The molecule has 2 atom stereocenters. The van der Waals surface area contributed by atoms with Crippen molar-refractivity contribution in [3.05, 3.63) is 28.3 Å². The molecular formula is C20H28ClN5O4S. The zero-order chi connectivity index (χ0) is 22.3. The smallest absolute Gasteiger partial charge is 0.281 e. The number of hydrogen-bond acceptors (Lipinski definition) is 5. The Morgan fingerprint density at radius 2 is 1.87 bits per heavy atom. The van der Waals surface area contributed by atoms with Crippen LogP contribution in [-0.2, 0) is 21.4 Å². The van der Waals surface area contributed by atoms with E-state index in [9.17, 15) is 18.0 Å². The zero-order valence-corrected chi connectivity index (χ0v) is 19.0. The maximum absolute atomic E-state index is 13.0. The van der Waals surface area contributed by atoms with E-state index >= 15 is 0 Å². The lowest BCUT2D eigenvalue weighted by molar-refractivity contribution is -0.115. The van der Waals surface area contributed by atoms with Crippen LogP contribution in [0.1, 0.15) is 42.1 Å². The second kappa shape index (κ2) is 8.67. The molecule has 3 heterocycles. The van der Waals surface area contributed by atoms with E-state index in [4.69, 9.17) is 17.3 Å². The Morgan fingerprint density at radius 1 is 1.19 bits per heavy atom. The van der Waals surface area contributed by atoms with Crippen molar-refractivity contribution in [3.63, 3.8) is 0 Å². The molecule has 9 nitrogen and oxygen atoms in total. The molecule has 1 aromatic carbocycles. The van der Waals surface area contributed by atoms with Crippen molar-refractivity contribution in [2.24, 2.45) is 11.7 Å². The number of hydrogen-bond donors (Lipinski definition) is 3. The fraction of sp³-hybridized carbons (Fsp3) is 0.600. The Balaban J connectivity index is 1.39. The summed E-state index contributed by atoms with van der Waals surface area (Å²) in [5.41, 5.74) is 7.60. The number of carbonyl (C=O) groups excluding carboxylic acids is 2. The quantitative estimate of drug-likeness (QED) is 0.605. The summed E-state index contributed by atoms with van der Waals surface area (Å²) in [4.78, 5) is 24.4. The normalized spacial score (nSPS) is 25.8. The molecule has 2 amide bonds. The average molecular weight is 470 g/mol. The molecule has 0 aromatic heterocycles. The predicted octanol–water partition coefficient (Wildman–Crippen LogP) is 0.943. The number of anilines is 1. The van der Waals surface area contributed by atoms with Gasteiger partial charge in [0.1, 0.15) is 0 Å².